The van der Waals surface area contributed by atoms with Crippen molar-refractivity contribution in [3.05, 3.63) is 35.9 Å². The molecule has 1 fully saturated rings. The van der Waals surface area contributed by atoms with E-state index < -0.39 is 0 Å². The van der Waals surface area contributed by atoms with Gasteiger partial charge in [-0.2, -0.15) is 0 Å². The number of methoxy groups -OCH3 is 1. The molecule has 1 N–H and O–H groups in total. The van der Waals surface area contributed by atoms with Crippen LogP contribution in [0.1, 0.15) is 36.0 Å². The number of carbonyl (C=O) groups is 3. The Hall–Kier alpha value is -2.21. The molecule has 0 spiro atoms. The maximum Gasteiger partial charge on any atom is 0.305 e. The Morgan fingerprint density at radius 1 is 1.16 bits per heavy atom. The number of nitrogens with one attached hydrogen (secondary N) is 1. The van der Waals surface area contributed by atoms with Crippen molar-refractivity contribution in [2.45, 2.75) is 25.7 Å². The van der Waals surface area contributed by atoms with Gasteiger partial charge in [-0.3, -0.25) is 19.3 Å². The van der Waals surface area contributed by atoms with Crippen molar-refractivity contribution < 1.29 is 19.1 Å². The number of Topliss-reactive ketones (excluding diaryl/α,β-unsaturated/α-hetero) is 1. The summed E-state index contributed by atoms with van der Waals surface area (Å²) in [6.07, 6.45) is 2.45. The van der Waals surface area contributed by atoms with Crippen LogP contribution in [-0.4, -0.2) is 55.8 Å². The summed E-state index contributed by atoms with van der Waals surface area (Å²) in [6.45, 7) is 2.30. The van der Waals surface area contributed by atoms with Gasteiger partial charge in [0.2, 0.25) is 5.91 Å². The molecule has 0 aliphatic carbocycles. The first-order chi connectivity index (χ1) is 12.1. The number of hydrogen-bond acceptors (Lipinski definition) is 5. The Labute approximate surface area is 148 Å². The van der Waals surface area contributed by atoms with Crippen LogP contribution in [0.25, 0.3) is 0 Å². The molecule has 1 aromatic carbocycles. The van der Waals surface area contributed by atoms with Crippen LogP contribution in [0, 0.1) is 5.92 Å². The zero-order valence-electron chi connectivity index (χ0n) is 14.7. The van der Waals surface area contributed by atoms with Crippen LogP contribution in [0.5, 0.6) is 0 Å². The minimum absolute atomic E-state index is 0.0433. The Balaban J connectivity index is 1.65. The number of benzene rings is 1. The molecule has 0 saturated carbocycles. The molecule has 0 bridgehead atoms. The van der Waals surface area contributed by atoms with Crippen molar-refractivity contribution >= 4 is 17.7 Å². The molecule has 0 atom stereocenters. The first-order valence-corrected chi connectivity index (χ1v) is 8.75. The lowest BCUT2D eigenvalue weighted by Gasteiger charge is -2.30. The third kappa shape index (κ3) is 6.31. The minimum atomic E-state index is -0.264. The molecule has 2 rings (SSSR count). The lowest BCUT2D eigenvalue weighted by atomic mass is 9.89. The summed E-state index contributed by atoms with van der Waals surface area (Å²) in [4.78, 5) is 37.4. The number of likely N-dealkylation sites (tertiary alicyclic amines) is 1. The second-order valence-corrected chi connectivity index (χ2v) is 6.31. The number of ketones is 1. The van der Waals surface area contributed by atoms with Crippen LogP contribution in [0.2, 0.25) is 0 Å². The van der Waals surface area contributed by atoms with E-state index in [1.54, 1.807) is 0 Å². The maximum absolute atomic E-state index is 12.4. The smallest absolute Gasteiger partial charge is 0.305 e. The second kappa shape index (κ2) is 9.93. The molecule has 25 heavy (non-hydrogen) atoms. The number of carbonyl (C=O) groups excluding carboxylic acids is 3. The first kappa shape index (κ1) is 19.1. The summed E-state index contributed by atoms with van der Waals surface area (Å²) in [6, 6.07) is 9.38. The van der Waals surface area contributed by atoms with E-state index in [-0.39, 0.29) is 23.6 Å². The number of piperidine rings is 1. The fraction of sp³-hybridized carbons (Fsp3) is 0.526. The number of rotatable bonds is 8. The van der Waals surface area contributed by atoms with E-state index in [4.69, 9.17) is 0 Å². The van der Waals surface area contributed by atoms with Crippen molar-refractivity contribution in [1.82, 2.24) is 10.2 Å². The van der Waals surface area contributed by atoms with Gasteiger partial charge in [-0.05, 0) is 32.4 Å². The molecule has 1 aliphatic heterocycles. The van der Waals surface area contributed by atoms with Gasteiger partial charge in [0.25, 0.3) is 0 Å². The average Bonchev–Trinajstić information content (AvgIpc) is 2.65. The van der Waals surface area contributed by atoms with Crippen LogP contribution in [0.4, 0.5) is 0 Å². The third-order valence-electron chi connectivity index (χ3n) is 4.49. The highest BCUT2D eigenvalue weighted by atomic mass is 16.5. The van der Waals surface area contributed by atoms with E-state index in [9.17, 15) is 14.4 Å². The van der Waals surface area contributed by atoms with Gasteiger partial charge >= 0.3 is 5.97 Å². The largest absolute Gasteiger partial charge is 0.469 e. The molecule has 1 heterocycles. The van der Waals surface area contributed by atoms with Gasteiger partial charge in [0, 0.05) is 24.4 Å². The van der Waals surface area contributed by atoms with E-state index in [2.05, 4.69) is 15.0 Å². The molecule has 1 saturated heterocycles. The van der Waals surface area contributed by atoms with Crippen molar-refractivity contribution in [2.75, 3.05) is 33.3 Å². The summed E-state index contributed by atoms with van der Waals surface area (Å²) in [7, 11) is 1.35. The fourth-order valence-electron chi connectivity index (χ4n) is 3.01. The van der Waals surface area contributed by atoms with Gasteiger partial charge in [-0.15, -0.1) is 0 Å². The van der Waals surface area contributed by atoms with Crippen LogP contribution in [0.3, 0.4) is 0 Å². The zero-order valence-corrected chi connectivity index (χ0v) is 14.7. The maximum atomic E-state index is 12.4. The molecule has 1 aliphatic rings. The van der Waals surface area contributed by atoms with Gasteiger partial charge in [-0.25, -0.2) is 0 Å². The summed E-state index contributed by atoms with van der Waals surface area (Å²) in [5.74, 6) is -0.0635. The number of nitrogens with zero attached hydrogens (tertiary/aromatic N) is 1. The van der Waals surface area contributed by atoms with Crippen molar-refractivity contribution in [2.24, 2.45) is 5.92 Å². The quantitative estimate of drug-likeness (QED) is 0.440. The van der Waals surface area contributed by atoms with E-state index >= 15 is 0 Å². The predicted octanol–water partition coefficient (Wildman–Crippen LogP) is 1.65. The van der Waals surface area contributed by atoms with Gasteiger partial charge in [0.1, 0.15) is 0 Å². The average molecular weight is 346 g/mol. The normalized spacial score (nSPS) is 15.6. The van der Waals surface area contributed by atoms with Crippen molar-refractivity contribution in [1.29, 1.82) is 0 Å². The summed E-state index contributed by atoms with van der Waals surface area (Å²) >= 11 is 0. The molecule has 0 aromatic heterocycles. The van der Waals surface area contributed by atoms with Crippen LogP contribution >= 0.6 is 0 Å². The van der Waals surface area contributed by atoms with E-state index in [1.807, 2.05) is 30.3 Å². The molecule has 6 heteroatoms. The molecule has 0 unspecified atom stereocenters. The lowest BCUT2D eigenvalue weighted by Crippen LogP contribution is -2.42. The summed E-state index contributed by atoms with van der Waals surface area (Å²) < 4.78 is 4.55. The monoisotopic (exact) mass is 346 g/mol. The summed E-state index contributed by atoms with van der Waals surface area (Å²) in [5, 5.41) is 2.81. The number of hydrogen-bond donors (Lipinski definition) is 1. The lowest BCUT2D eigenvalue weighted by molar-refractivity contribution is -0.140. The molecular weight excluding hydrogens is 320 g/mol. The molecule has 6 nitrogen and oxygen atoms in total. The molecule has 1 amide bonds. The first-order valence-electron chi connectivity index (χ1n) is 8.75. The van der Waals surface area contributed by atoms with E-state index in [0.29, 0.717) is 25.9 Å². The Kier molecular flexibility index (Phi) is 7.60. The minimum Gasteiger partial charge on any atom is -0.469 e. The highest BCUT2D eigenvalue weighted by Gasteiger charge is 2.26. The highest BCUT2D eigenvalue weighted by molar-refractivity contribution is 5.97. The Bertz CT molecular complexity index is 580. The zero-order chi connectivity index (χ0) is 18.1. The molecule has 136 valence electrons. The van der Waals surface area contributed by atoms with Gasteiger partial charge in [-0.1, -0.05) is 30.3 Å². The highest BCUT2D eigenvalue weighted by Crippen LogP contribution is 2.21. The number of amides is 1. The van der Waals surface area contributed by atoms with Gasteiger partial charge in [0.15, 0.2) is 5.78 Å². The standard InChI is InChI=1S/C19H26N2O4/c1-25-18(23)8-5-11-20-17(22)14-21-12-9-16(10-13-21)19(24)15-6-3-2-4-7-15/h2-4,6-7,16H,5,8-14H2,1H3,(H,20,22). The molecule has 1 aromatic rings. The molecular formula is C19H26N2O4. The second-order valence-electron chi connectivity index (χ2n) is 6.31. The predicted molar refractivity (Wildman–Crippen MR) is 94.2 cm³/mol. The molecule has 0 radical (unpaired) electrons. The Morgan fingerprint density at radius 2 is 1.84 bits per heavy atom. The SMILES string of the molecule is COC(=O)CCCNC(=O)CN1CCC(C(=O)c2ccccc2)CC1. The fourth-order valence-corrected chi connectivity index (χ4v) is 3.01. The topological polar surface area (TPSA) is 75.7 Å². The number of ether oxygens (including phenoxy) is 1. The van der Waals surface area contributed by atoms with Crippen LogP contribution in [-0.2, 0) is 14.3 Å². The van der Waals surface area contributed by atoms with Gasteiger partial charge in [0.05, 0.1) is 13.7 Å². The van der Waals surface area contributed by atoms with Gasteiger partial charge < -0.3 is 10.1 Å². The third-order valence-corrected chi connectivity index (χ3v) is 4.49. The van der Waals surface area contributed by atoms with E-state index in [1.165, 1.54) is 7.11 Å². The van der Waals surface area contributed by atoms with Crippen LogP contribution < -0.4 is 5.32 Å². The Morgan fingerprint density at radius 3 is 2.48 bits per heavy atom. The van der Waals surface area contributed by atoms with Crippen LogP contribution in [0.15, 0.2) is 30.3 Å². The van der Waals surface area contributed by atoms with Crippen molar-refractivity contribution in [3.63, 3.8) is 0 Å². The summed E-state index contributed by atoms with van der Waals surface area (Å²) in [5.41, 5.74) is 0.768. The van der Waals surface area contributed by atoms with Crippen molar-refractivity contribution in [3.8, 4) is 0 Å². The number of esters is 1. The van der Waals surface area contributed by atoms with E-state index in [0.717, 1.165) is 31.5 Å².